The standard InChI is InChI=1S/C18H24N4O3.ClH/c1-11(8-12-4-5-15(24-2)16(9-12)25-3)20-18(23)17-13-10-19-7-6-14(13)21-22-17;/h4-5,9,11,19H,6-8,10H2,1-3H3,(H,20,23)(H,21,22);1H. The van der Waals surface area contributed by atoms with Crippen molar-refractivity contribution in [2.75, 3.05) is 20.8 Å². The normalized spacial score (nSPS) is 14.0. The molecule has 0 aliphatic carbocycles. The number of carbonyl (C=O) groups excluding carboxylic acids is 1. The fourth-order valence-electron chi connectivity index (χ4n) is 3.12. The molecular weight excluding hydrogens is 356 g/mol. The summed E-state index contributed by atoms with van der Waals surface area (Å²) >= 11 is 0. The number of aromatic amines is 1. The zero-order valence-corrected chi connectivity index (χ0v) is 16.0. The molecule has 0 fully saturated rings. The van der Waals surface area contributed by atoms with Gasteiger partial charge in [-0.25, -0.2) is 0 Å². The number of methoxy groups -OCH3 is 2. The monoisotopic (exact) mass is 380 g/mol. The molecule has 1 aromatic heterocycles. The van der Waals surface area contributed by atoms with Gasteiger partial charge in [0.05, 0.1) is 14.2 Å². The topological polar surface area (TPSA) is 88.3 Å². The van der Waals surface area contributed by atoms with Crippen LogP contribution in [-0.4, -0.2) is 42.9 Å². The minimum absolute atomic E-state index is 0. The van der Waals surface area contributed by atoms with E-state index in [-0.39, 0.29) is 24.4 Å². The molecule has 3 N–H and O–H groups in total. The number of hydrogen-bond donors (Lipinski definition) is 3. The maximum atomic E-state index is 12.5. The van der Waals surface area contributed by atoms with E-state index in [0.29, 0.717) is 30.2 Å². The van der Waals surface area contributed by atoms with Crippen molar-refractivity contribution < 1.29 is 14.3 Å². The van der Waals surface area contributed by atoms with E-state index in [0.717, 1.165) is 29.8 Å². The molecule has 1 aliphatic heterocycles. The van der Waals surface area contributed by atoms with Crippen LogP contribution in [0.4, 0.5) is 0 Å². The summed E-state index contributed by atoms with van der Waals surface area (Å²) in [5, 5.41) is 13.5. The Labute approximate surface area is 159 Å². The highest BCUT2D eigenvalue weighted by atomic mass is 35.5. The number of carbonyl (C=O) groups is 1. The maximum Gasteiger partial charge on any atom is 0.272 e. The summed E-state index contributed by atoms with van der Waals surface area (Å²) in [6, 6.07) is 5.75. The Bertz CT molecular complexity index is 763. The lowest BCUT2D eigenvalue weighted by molar-refractivity contribution is 0.0934. The quantitative estimate of drug-likeness (QED) is 0.711. The summed E-state index contributed by atoms with van der Waals surface area (Å²) in [6.07, 6.45) is 1.56. The van der Waals surface area contributed by atoms with Gasteiger partial charge < -0.3 is 20.1 Å². The van der Waals surface area contributed by atoms with Crippen LogP contribution < -0.4 is 20.1 Å². The molecule has 1 aliphatic rings. The first-order valence-electron chi connectivity index (χ1n) is 8.41. The Kier molecular flexibility index (Phi) is 6.88. The van der Waals surface area contributed by atoms with Crippen molar-refractivity contribution in [2.24, 2.45) is 0 Å². The molecule has 0 spiro atoms. The van der Waals surface area contributed by atoms with Crippen LogP contribution in [0.3, 0.4) is 0 Å². The zero-order valence-electron chi connectivity index (χ0n) is 15.2. The lowest BCUT2D eigenvalue weighted by Crippen LogP contribution is -2.35. The van der Waals surface area contributed by atoms with Crippen LogP contribution in [-0.2, 0) is 19.4 Å². The van der Waals surface area contributed by atoms with Crippen molar-refractivity contribution in [3.63, 3.8) is 0 Å². The van der Waals surface area contributed by atoms with Crippen LogP contribution in [0.25, 0.3) is 0 Å². The summed E-state index contributed by atoms with van der Waals surface area (Å²) in [4.78, 5) is 12.5. The Balaban J connectivity index is 0.00000243. The predicted octanol–water partition coefficient (Wildman–Crippen LogP) is 1.86. The van der Waals surface area contributed by atoms with Gasteiger partial charge in [-0.1, -0.05) is 6.07 Å². The van der Waals surface area contributed by atoms with E-state index in [1.807, 2.05) is 25.1 Å². The molecule has 2 heterocycles. The van der Waals surface area contributed by atoms with Crippen molar-refractivity contribution in [2.45, 2.75) is 32.4 Å². The van der Waals surface area contributed by atoms with Crippen molar-refractivity contribution in [1.29, 1.82) is 0 Å². The fourth-order valence-corrected chi connectivity index (χ4v) is 3.12. The van der Waals surface area contributed by atoms with Gasteiger partial charge in [-0.05, 0) is 31.0 Å². The van der Waals surface area contributed by atoms with Crippen molar-refractivity contribution in [3.05, 3.63) is 40.7 Å². The van der Waals surface area contributed by atoms with Gasteiger partial charge in [-0.15, -0.1) is 12.4 Å². The SMILES string of the molecule is COc1ccc(CC(C)NC(=O)c2n[nH]c3c2CNCC3)cc1OC.Cl. The molecule has 0 saturated heterocycles. The summed E-state index contributed by atoms with van der Waals surface area (Å²) < 4.78 is 10.6. The van der Waals surface area contributed by atoms with Gasteiger partial charge in [0.25, 0.3) is 5.91 Å². The van der Waals surface area contributed by atoms with Crippen LogP contribution in [0.15, 0.2) is 18.2 Å². The number of amides is 1. The Morgan fingerprint density at radius 1 is 1.31 bits per heavy atom. The molecule has 1 amide bonds. The lowest BCUT2D eigenvalue weighted by Gasteiger charge is -2.16. The Hall–Kier alpha value is -2.25. The van der Waals surface area contributed by atoms with E-state index in [1.165, 1.54) is 0 Å². The van der Waals surface area contributed by atoms with Gasteiger partial charge in [0.2, 0.25) is 0 Å². The zero-order chi connectivity index (χ0) is 17.8. The highest BCUT2D eigenvalue weighted by Gasteiger charge is 2.22. The number of rotatable bonds is 6. The second-order valence-corrected chi connectivity index (χ2v) is 6.22. The second kappa shape index (κ2) is 8.91. The third-order valence-electron chi connectivity index (χ3n) is 4.39. The molecule has 0 saturated carbocycles. The molecule has 0 radical (unpaired) electrons. The molecule has 2 aromatic rings. The van der Waals surface area contributed by atoms with Gasteiger partial charge in [0, 0.05) is 36.8 Å². The molecule has 1 unspecified atom stereocenters. The van der Waals surface area contributed by atoms with Crippen LogP contribution in [0, 0.1) is 0 Å². The number of fused-ring (bicyclic) bond motifs is 1. The highest BCUT2D eigenvalue weighted by Crippen LogP contribution is 2.28. The van der Waals surface area contributed by atoms with Gasteiger partial charge in [-0.3, -0.25) is 9.89 Å². The fraction of sp³-hybridized carbons (Fsp3) is 0.444. The van der Waals surface area contributed by atoms with Gasteiger partial charge in [0.1, 0.15) is 0 Å². The molecule has 1 aromatic carbocycles. The molecule has 26 heavy (non-hydrogen) atoms. The minimum atomic E-state index is -0.144. The number of ether oxygens (including phenoxy) is 2. The number of hydrogen-bond acceptors (Lipinski definition) is 5. The first-order valence-corrected chi connectivity index (χ1v) is 8.41. The molecule has 1 atom stereocenters. The summed E-state index contributed by atoms with van der Waals surface area (Å²) in [7, 11) is 3.22. The van der Waals surface area contributed by atoms with Crippen molar-refractivity contribution in [3.8, 4) is 11.5 Å². The largest absolute Gasteiger partial charge is 0.493 e. The number of H-pyrrole nitrogens is 1. The number of aromatic nitrogens is 2. The summed E-state index contributed by atoms with van der Waals surface area (Å²) in [5.41, 5.74) is 3.58. The smallest absolute Gasteiger partial charge is 0.272 e. The van der Waals surface area contributed by atoms with Crippen LogP contribution in [0.1, 0.15) is 34.2 Å². The summed E-state index contributed by atoms with van der Waals surface area (Å²) in [6.45, 7) is 3.57. The predicted molar refractivity (Wildman–Crippen MR) is 101 cm³/mol. The molecule has 8 heteroatoms. The van der Waals surface area contributed by atoms with Crippen LogP contribution in [0.2, 0.25) is 0 Å². The van der Waals surface area contributed by atoms with E-state index in [4.69, 9.17) is 9.47 Å². The first kappa shape index (κ1) is 20.1. The van der Waals surface area contributed by atoms with Gasteiger partial charge in [0.15, 0.2) is 17.2 Å². The molecule has 3 rings (SSSR count). The number of nitrogens with one attached hydrogen (secondary N) is 3. The van der Waals surface area contributed by atoms with E-state index < -0.39 is 0 Å². The Morgan fingerprint density at radius 2 is 2.08 bits per heavy atom. The average Bonchev–Trinajstić information content (AvgIpc) is 3.05. The molecule has 0 bridgehead atoms. The van der Waals surface area contributed by atoms with Crippen LogP contribution in [0.5, 0.6) is 11.5 Å². The maximum absolute atomic E-state index is 12.5. The number of halogens is 1. The molecule has 142 valence electrons. The highest BCUT2D eigenvalue weighted by molar-refractivity contribution is 5.94. The molecular formula is C18H25ClN4O3. The van der Waals surface area contributed by atoms with E-state index in [1.54, 1.807) is 14.2 Å². The van der Waals surface area contributed by atoms with Gasteiger partial charge >= 0.3 is 0 Å². The molecule has 7 nitrogen and oxygen atoms in total. The summed E-state index contributed by atoms with van der Waals surface area (Å²) in [5.74, 6) is 1.23. The first-order chi connectivity index (χ1) is 12.1. The number of nitrogens with zero attached hydrogens (tertiary/aromatic N) is 1. The Morgan fingerprint density at radius 3 is 2.81 bits per heavy atom. The average molecular weight is 381 g/mol. The van der Waals surface area contributed by atoms with Gasteiger partial charge in [-0.2, -0.15) is 5.10 Å². The minimum Gasteiger partial charge on any atom is -0.493 e. The van der Waals surface area contributed by atoms with E-state index in [9.17, 15) is 4.79 Å². The van der Waals surface area contributed by atoms with Crippen LogP contribution >= 0.6 is 12.4 Å². The second-order valence-electron chi connectivity index (χ2n) is 6.22. The van der Waals surface area contributed by atoms with Crippen molar-refractivity contribution in [1.82, 2.24) is 20.8 Å². The third kappa shape index (κ3) is 4.28. The lowest BCUT2D eigenvalue weighted by atomic mass is 10.0. The van der Waals surface area contributed by atoms with E-state index >= 15 is 0 Å². The third-order valence-corrected chi connectivity index (χ3v) is 4.39. The van der Waals surface area contributed by atoms with Crippen molar-refractivity contribution >= 4 is 18.3 Å². The van der Waals surface area contributed by atoms with E-state index in [2.05, 4.69) is 20.8 Å². The number of benzene rings is 1.